The van der Waals surface area contributed by atoms with Crippen molar-refractivity contribution in [3.8, 4) is 0 Å². The first-order valence-corrected chi connectivity index (χ1v) is 9.01. The number of hydrogen-bond acceptors (Lipinski definition) is 4. The number of ether oxygens (including phenoxy) is 1. The van der Waals surface area contributed by atoms with Crippen LogP contribution in [0.2, 0.25) is 0 Å². The van der Waals surface area contributed by atoms with Gasteiger partial charge in [0, 0.05) is 13.1 Å². The molecule has 1 saturated heterocycles. The standard InChI is InChI=1S/C20H22N4O2/c25-20(26-15-16-7-3-1-4-8-16)22-18-10-9-17-11-12-21-24(17)19(18)23-13-5-2-6-14-23/h1,3-4,7-12H,2,5-6,13-15H2,(H,22,25). The van der Waals surface area contributed by atoms with Gasteiger partial charge in [0.1, 0.15) is 6.61 Å². The monoisotopic (exact) mass is 350 g/mol. The molecule has 6 heteroatoms. The topological polar surface area (TPSA) is 58.9 Å². The van der Waals surface area contributed by atoms with Crippen molar-refractivity contribution in [2.24, 2.45) is 0 Å². The van der Waals surface area contributed by atoms with Crippen LogP contribution in [-0.2, 0) is 11.3 Å². The van der Waals surface area contributed by atoms with E-state index in [2.05, 4.69) is 15.3 Å². The second-order valence-electron chi connectivity index (χ2n) is 6.47. The maximum absolute atomic E-state index is 12.3. The van der Waals surface area contributed by atoms with Gasteiger partial charge in [0.2, 0.25) is 0 Å². The van der Waals surface area contributed by atoms with Gasteiger partial charge < -0.3 is 9.64 Å². The van der Waals surface area contributed by atoms with Crippen LogP contribution in [0.3, 0.4) is 0 Å². The van der Waals surface area contributed by atoms with Crippen molar-refractivity contribution in [2.45, 2.75) is 25.9 Å². The van der Waals surface area contributed by atoms with Crippen molar-refractivity contribution in [3.63, 3.8) is 0 Å². The number of fused-ring (bicyclic) bond motifs is 1. The average Bonchev–Trinajstić information content (AvgIpc) is 3.16. The van der Waals surface area contributed by atoms with Gasteiger partial charge >= 0.3 is 6.09 Å². The molecule has 3 heterocycles. The number of piperidine rings is 1. The first-order chi connectivity index (χ1) is 12.8. The van der Waals surface area contributed by atoms with Crippen LogP contribution in [0.4, 0.5) is 16.3 Å². The largest absolute Gasteiger partial charge is 0.444 e. The number of carbonyl (C=O) groups is 1. The molecule has 1 fully saturated rings. The van der Waals surface area contributed by atoms with Gasteiger partial charge in [0.05, 0.1) is 17.4 Å². The minimum atomic E-state index is -0.460. The van der Waals surface area contributed by atoms with Gasteiger partial charge in [0.15, 0.2) is 5.82 Å². The molecule has 0 aliphatic carbocycles. The van der Waals surface area contributed by atoms with Gasteiger partial charge in [-0.15, -0.1) is 0 Å². The summed E-state index contributed by atoms with van der Waals surface area (Å²) in [6, 6.07) is 15.5. The van der Waals surface area contributed by atoms with Gasteiger partial charge in [-0.3, -0.25) is 5.32 Å². The number of hydrogen-bond donors (Lipinski definition) is 1. The third kappa shape index (κ3) is 3.49. The van der Waals surface area contributed by atoms with Crippen molar-refractivity contribution < 1.29 is 9.53 Å². The SMILES string of the molecule is O=C(Nc1ccc2ccnn2c1N1CCCCC1)OCc1ccccc1. The van der Waals surface area contributed by atoms with Crippen LogP contribution < -0.4 is 10.2 Å². The van der Waals surface area contributed by atoms with E-state index in [1.165, 1.54) is 6.42 Å². The highest BCUT2D eigenvalue weighted by atomic mass is 16.5. The summed E-state index contributed by atoms with van der Waals surface area (Å²) in [6.45, 7) is 2.18. The number of benzene rings is 1. The molecule has 1 aliphatic heterocycles. The van der Waals surface area contributed by atoms with E-state index in [0.717, 1.165) is 48.5 Å². The van der Waals surface area contributed by atoms with E-state index in [9.17, 15) is 4.79 Å². The van der Waals surface area contributed by atoms with Crippen molar-refractivity contribution in [1.82, 2.24) is 9.61 Å². The molecule has 1 aliphatic rings. The lowest BCUT2D eigenvalue weighted by molar-refractivity contribution is 0.155. The van der Waals surface area contributed by atoms with Crippen LogP contribution in [0, 0.1) is 0 Å². The third-order valence-electron chi connectivity index (χ3n) is 4.64. The normalized spacial score (nSPS) is 14.4. The van der Waals surface area contributed by atoms with E-state index >= 15 is 0 Å². The predicted octanol–water partition coefficient (Wildman–Crippen LogP) is 4.07. The lowest BCUT2D eigenvalue weighted by atomic mass is 10.1. The number of rotatable bonds is 4. The molecule has 0 atom stereocenters. The molecule has 0 spiro atoms. The van der Waals surface area contributed by atoms with E-state index in [0.29, 0.717) is 0 Å². The molecule has 6 nitrogen and oxygen atoms in total. The maximum Gasteiger partial charge on any atom is 0.412 e. The number of aromatic nitrogens is 2. The highest BCUT2D eigenvalue weighted by Gasteiger charge is 2.20. The summed E-state index contributed by atoms with van der Waals surface area (Å²) >= 11 is 0. The number of carbonyl (C=O) groups excluding carboxylic acids is 1. The number of nitrogens with zero attached hydrogens (tertiary/aromatic N) is 3. The summed E-state index contributed by atoms with van der Waals surface area (Å²) in [5.41, 5.74) is 2.69. The predicted molar refractivity (Wildman–Crippen MR) is 102 cm³/mol. The first kappa shape index (κ1) is 16.4. The molecule has 26 heavy (non-hydrogen) atoms. The molecular weight excluding hydrogens is 328 g/mol. The quantitative estimate of drug-likeness (QED) is 0.770. The van der Waals surface area contributed by atoms with Crippen LogP contribution in [0.15, 0.2) is 54.7 Å². The highest BCUT2D eigenvalue weighted by Crippen LogP contribution is 2.29. The van der Waals surface area contributed by atoms with Crippen molar-refractivity contribution in [2.75, 3.05) is 23.3 Å². The zero-order valence-electron chi connectivity index (χ0n) is 14.6. The van der Waals surface area contributed by atoms with E-state index in [1.54, 1.807) is 6.20 Å². The number of nitrogens with one attached hydrogen (secondary N) is 1. The summed E-state index contributed by atoms with van der Waals surface area (Å²) in [5.74, 6) is 0.920. The molecule has 0 radical (unpaired) electrons. The summed E-state index contributed by atoms with van der Waals surface area (Å²) in [7, 11) is 0. The Kier molecular flexibility index (Phi) is 4.73. The van der Waals surface area contributed by atoms with Gasteiger partial charge in [0.25, 0.3) is 0 Å². The van der Waals surface area contributed by atoms with Crippen LogP contribution in [0.5, 0.6) is 0 Å². The average molecular weight is 350 g/mol. The number of anilines is 2. The maximum atomic E-state index is 12.3. The Morgan fingerprint density at radius 2 is 1.85 bits per heavy atom. The fourth-order valence-electron chi connectivity index (χ4n) is 3.35. The summed E-state index contributed by atoms with van der Waals surface area (Å²) in [6.07, 6.45) is 4.86. The van der Waals surface area contributed by atoms with Crippen molar-refractivity contribution >= 4 is 23.1 Å². The molecule has 1 aromatic carbocycles. The van der Waals surface area contributed by atoms with E-state index in [4.69, 9.17) is 4.74 Å². The van der Waals surface area contributed by atoms with E-state index < -0.39 is 6.09 Å². The molecule has 1 amide bonds. The Morgan fingerprint density at radius 3 is 2.65 bits per heavy atom. The van der Waals surface area contributed by atoms with Crippen molar-refractivity contribution in [3.05, 3.63) is 60.3 Å². The molecule has 4 rings (SSSR count). The third-order valence-corrected chi connectivity index (χ3v) is 4.64. The Bertz CT molecular complexity index is 885. The van der Waals surface area contributed by atoms with Gasteiger partial charge in [-0.2, -0.15) is 5.10 Å². The van der Waals surface area contributed by atoms with Crippen LogP contribution in [-0.4, -0.2) is 28.8 Å². The van der Waals surface area contributed by atoms with Crippen LogP contribution in [0.25, 0.3) is 5.52 Å². The zero-order valence-corrected chi connectivity index (χ0v) is 14.6. The molecule has 2 aromatic heterocycles. The summed E-state index contributed by atoms with van der Waals surface area (Å²) in [4.78, 5) is 14.6. The van der Waals surface area contributed by atoms with E-state index in [-0.39, 0.29) is 6.61 Å². The Hall–Kier alpha value is -3.02. The summed E-state index contributed by atoms with van der Waals surface area (Å²) in [5, 5.41) is 7.33. The molecule has 1 N–H and O–H groups in total. The van der Waals surface area contributed by atoms with Crippen molar-refractivity contribution in [1.29, 1.82) is 0 Å². The number of amides is 1. The van der Waals surface area contributed by atoms with Gasteiger partial charge in [-0.05, 0) is 43.0 Å². The zero-order chi connectivity index (χ0) is 17.8. The van der Waals surface area contributed by atoms with Gasteiger partial charge in [-0.1, -0.05) is 30.3 Å². The van der Waals surface area contributed by atoms with Gasteiger partial charge in [-0.25, -0.2) is 9.31 Å². The second kappa shape index (κ2) is 7.47. The molecule has 0 unspecified atom stereocenters. The second-order valence-corrected chi connectivity index (χ2v) is 6.47. The molecule has 134 valence electrons. The smallest absolute Gasteiger partial charge is 0.412 e. The number of pyridine rings is 1. The minimum absolute atomic E-state index is 0.246. The Labute approximate surface area is 152 Å². The first-order valence-electron chi connectivity index (χ1n) is 9.01. The van der Waals surface area contributed by atoms with Crippen LogP contribution in [0.1, 0.15) is 24.8 Å². The lowest BCUT2D eigenvalue weighted by Gasteiger charge is -2.30. The molecule has 0 bridgehead atoms. The van der Waals surface area contributed by atoms with E-state index in [1.807, 2.05) is 53.0 Å². The van der Waals surface area contributed by atoms with Crippen LogP contribution >= 0.6 is 0 Å². The molecule has 0 saturated carbocycles. The highest BCUT2D eigenvalue weighted by molar-refractivity contribution is 5.89. The summed E-state index contributed by atoms with van der Waals surface area (Å²) < 4.78 is 7.26. The fraction of sp³-hybridized carbons (Fsp3) is 0.300. The minimum Gasteiger partial charge on any atom is -0.444 e. The Morgan fingerprint density at radius 1 is 1.04 bits per heavy atom. The Balaban J connectivity index is 1.54. The molecular formula is C20H22N4O2. The molecule has 3 aromatic rings. The fourth-order valence-corrected chi connectivity index (χ4v) is 3.35. The lowest BCUT2D eigenvalue weighted by Crippen LogP contribution is -2.32.